The lowest BCUT2D eigenvalue weighted by Crippen LogP contribution is -2.56. The summed E-state index contributed by atoms with van der Waals surface area (Å²) in [6, 6.07) is 0.450. The molecule has 0 aromatic heterocycles. The van der Waals surface area contributed by atoms with E-state index in [-0.39, 0.29) is 18.0 Å². The van der Waals surface area contributed by atoms with Crippen LogP contribution in [0, 0.1) is 0 Å². The van der Waals surface area contributed by atoms with Crippen molar-refractivity contribution < 1.29 is 9.53 Å². The molecule has 4 heteroatoms. The van der Waals surface area contributed by atoms with E-state index in [9.17, 15) is 4.79 Å². The van der Waals surface area contributed by atoms with Crippen molar-refractivity contribution in [1.82, 2.24) is 10.2 Å². The van der Waals surface area contributed by atoms with Gasteiger partial charge in [-0.3, -0.25) is 9.69 Å². The summed E-state index contributed by atoms with van der Waals surface area (Å²) in [4.78, 5) is 14.1. The van der Waals surface area contributed by atoms with Gasteiger partial charge in [-0.15, -0.1) is 0 Å². The van der Waals surface area contributed by atoms with E-state index in [0.29, 0.717) is 12.6 Å². The highest BCUT2D eigenvalue weighted by atomic mass is 16.5. The van der Waals surface area contributed by atoms with Crippen molar-refractivity contribution in [2.45, 2.75) is 45.8 Å². The van der Waals surface area contributed by atoms with Crippen LogP contribution in [0.15, 0.2) is 0 Å². The minimum absolute atomic E-state index is 0.0819. The van der Waals surface area contributed by atoms with Crippen LogP contribution in [-0.4, -0.2) is 48.7 Å². The Bertz CT molecular complexity index is 217. The molecule has 1 aliphatic heterocycles. The Hall–Kier alpha value is -0.610. The first-order valence-corrected chi connectivity index (χ1v) is 5.66. The molecule has 1 aliphatic rings. The Kier molecular flexibility index (Phi) is 4.54. The van der Waals surface area contributed by atoms with E-state index in [2.05, 4.69) is 24.1 Å². The van der Waals surface area contributed by atoms with Crippen LogP contribution in [0.5, 0.6) is 0 Å². The molecule has 0 aliphatic carbocycles. The van der Waals surface area contributed by atoms with Crippen LogP contribution in [0.2, 0.25) is 0 Å². The summed E-state index contributed by atoms with van der Waals surface area (Å²) >= 11 is 0. The standard InChI is InChI=1S/C11H22N2O2/c1-8(2)12-11(14)10-7-15-6-5-13(10)9(3)4/h8-10H,5-7H2,1-4H3,(H,12,14)/t10-/m0/s1. The minimum Gasteiger partial charge on any atom is -0.378 e. The van der Waals surface area contributed by atoms with Crippen LogP contribution < -0.4 is 5.32 Å². The number of hydrogen-bond donors (Lipinski definition) is 1. The van der Waals surface area contributed by atoms with E-state index >= 15 is 0 Å². The summed E-state index contributed by atoms with van der Waals surface area (Å²) < 4.78 is 5.36. The maximum atomic E-state index is 11.9. The van der Waals surface area contributed by atoms with Crippen LogP contribution in [0.4, 0.5) is 0 Å². The molecule has 0 radical (unpaired) electrons. The monoisotopic (exact) mass is 214 g/mol. The fourth-order valence-electron chi connectivity index (χ4n) is 1.84. The number of hydrogen-bond acceptors (Lipinski definition) is 3. The topological polar surface area (TPSA) is 41.6 Å². The first-order chi connectivity index (χ1) is 7.02. The van der Waals surface area contributed by atoms with Crippen molar-refractivity contribution >= 4 is 5.91 Å². The van der Waals surface area contributed by atoms with Gasteiger partial charge < -0.3 is 10.1 Å². The van der Waals surface area contributed by atoms with Crippen molar-refractivity contribution in [3.63, 3.8) is 0 Å². The minimum atomic E-state index is -0.124. The fourth-order valence-corrected chi connectivity index (χ4v) is 1.84. The molecule has 0 spiro atoms. The number of nitrogens with zero attached hydrogens (tertiary/aromatic N) is 1. The molecule has 0 unspecified atom stereocenters. The molecule has 1 saturated heterocycles. The molecule has 0 aromatic carbocycles. The molecule has 0 saturated carbocycles. The van der Waals surface area contributed by atoms with Crippen molar-refractivity contribution in [1.29, 1.82) is 0 Å². The largest absolute Gasteiger partial charge is 0.378 e. The second-order valence-corrected chi connectivity index (χ2v) is 4.59. The molecular weight excluding hydrogens is 192 g/mol. The van der Waals surface area contributed by atoms with E-state index in [0.717, 1.165) is 13.2 Å². The summed E-state index contributed by atoms with van der Waals surface area (Å²) in [6.07, 6.45) is 0. The average Bonchev–Trinajstić information content (AvgIpc) is 2.16. The normalized spacial score (nSPS) is 23.5. The van der Waals surface area contributed by atoms with E-state index in [1.807, 2.05) is 13.8 Å². The van der Waals surface area contributed by atoms with E-state index < -0.39 is 0 Å². The second kappa shape index (κ2) is 5.47. The Morgan fingerprint density at radius 2 is 2.07 bits per heavy atom. The van der Waals surface area contributed by atoms with Crippen LogP contribution in [0.3, 0.4) is 0 Å². The van der Waals surface area contributed by atoms with Crippen molar-refractivity contribution in [3.05, 3.63) is 0 Å². The Morgan fingerprint density at radius 3 is 2.60 bits per heavy atom. The quantitative estimate of drug-likeness (QED) is 0.749. The van der Waals surface area contributed by atoms with Gasteiger partial charge in [0.25, 0.3) is 0 Å². The van der Waals surface area contributed by atoms with Crippen molar-refractivity contribution in [3.8, 4) is 0 Å². The Labute approximate surface area is 92.0 Å². The maximum Gasteiger partial charge on any atom is 0.239 e. The van der Waals surface area contributed by atoms with E-state index in [1.54, 1.807) is 0 Å². The van der Waals surface area contributed by atoms with Gasteiger partial charge in [0.15, 0.2) is 0 Å². The van der Waals surface area contributed by atoms with E-state index in [4.69, 9.17) is 4.74 Å². The van der Waals surface area contributed by atoms with Gasteiger partial charge in [-0.05, 0) is 27.7 Å². The summed E-state index contributed by atoms with van der Waals surface area (Å²) in [5, 5.41) is 2.94. The third kappa shape index (κ3) is 3.47. The molecule has 0 aromatic rings. The van der Waals surface area contributed by atoms with Crippen molar-refractivity contribution in [2.75, 3.05) is 19.8 Å². The van der Waals surface area contributed by atoms with Crippen molar-refractivity contribution in [2.24, 2.45) is 0 Å². The Balaban J connectivity index is 2.59. The van der Waals surface area contributed by atoms with Gasteiger partial charge in [-0.25, -0.2) is 0 Å². The highest BCUT2D eigenvalue weighted by Crippen LogP contribution is 2.11. The summed E-state index contributed by atoms with van der Waals surface area (Å²) in [5.41, 5.74) is 0. The number of ether oxygens (including phenoxy) is 1. The lowest BCUT2D eigenvalue weighted by atomic mass is 10.1. The van der Waals surface area contributed by atoms with Gasteiger partial charge >= 0.3 is 0 Å². The van der Waals surface area contributed by atoms with Crippen LogP contribution in [-0.2, 0) is 9.53 Å². The maximum absolute atomic E-state index is 11.9. The number of nitrogens with one attached hydrogen (secondary N) is 1. The molecule has 1 heterocycles. The number of morpholine rings is 1. The van der Waals surface area contributed by atoms with Crippen LogP contribution in [0.25, 0.3) is 0 Å². The molecular formula is C11H22N2O2. The first kappa shape index (κ1) is 12.5. The van der Waals surface area contributed by atoms with Gasteiger partial charge in [-0.1, -0.05) is 0 Å². The lowest BCUT2D eigenvalue weighted by Gasteiger charge is -2.37. The van der Waals surface area contributed by atoms with Gasteiger partial charge in [0.2, 0.25) is 5.91 Å². The predicted octanol–water partition coefficient (Wildman–Crippen LogP) is 0.620. The van der Waals surface area contributed by atoms with Gasteiger partial charge in [0.1, 0.15) is 6.04 Å². The van der Waals surface area contributed by atoms with Gasteiger partial charge in [-0.2, -0.15) is 0 Å². The predicted molar refractivity (Wildman–Crippen MR) is 59.7 cm³/mol. The number of carbonyl (C=O) groups is 1. The molecule has 1 rings (SSSR count). The third-order valence-corrected chi connectivity index (χ3v) is 2.57. The molecule has 15 heavy (non-hydrogen) atoms. The summed E-state index contributed by atoms with van der Waals surface area (Å²) in [7, 11) is 0. The second-order valence-electron chi connectivity index (χ2n) is 4.59. The van der Waals surface area contributed by atoms with Gasteiger partial charge in [0.05, 0.1) is 13.2 Å². The smallest absolute Gasteiger partial charge is 0.239 e. The van der Waals surface area contributed by atoms with Crippen LogP contribution in [0.1, 0.15) is 27.7 Å². The molecule has 0 bridgehead atoms. The first-order valence-electron chi connectivity index (χ1n) is 5.66. The SMILES string of the molecule is CC(C)NC(=O)[C@@H]1COCCN1C(C)C. The number of carbonyl (C=O) groups excluding carboxylic acids is 1. The average molecular weight is 214 g/mol. The fraction of sp³-hybridized carbons (Fsp3) is 0.909. The molecule has 1 amide bonds. The molecule has 4 nitrogen and oxygen atoms in total. The Morgan fingerprint density at radius 1 is 1.40 bits per heavy atom. The van der Waals surface area contributed by atoms with E-state index in [1.165, 1.54) is 0 Å². The number of rotatable bonds is 3. The zero-order valence-electron chi connectivity index (χ0n) is 10.1. The highest BCUT2D eigenvalue weighted by Gasteiger charge is 2.30. The van der Waals surface area contributed by atoms with Gasteiger partial charge in [0, 0.05) is 18.6 Å². The van der Waals surface area contributed by atoms with Crippen LogP contribution >= 0.6 is 0 Å². The lowest BCUT2D eigenvalue weighted by molar-refractivity contribution is -0.134. The summed E-state index contributed by atoms with van der Waals surface area (Å²) in [6.45, 7) is 10.2. The molecule has 1 atom stereocenters. The zero-order chi connectivity index (χ0) is 11.4. The highest BCUT2D eigenvalue weighted by molar-refractivity contribution is 5.82. The zero-order valence-corrected chi connectivity index (χ0v) is 10.1. The third-order valence-electron chi connectivity index (χ3n) is 2.57. The number of amides is 1. The molecule has 1 fully saturated rings. The molecule has 88 valence electrons. The summed E-state index contributed by atoms with van der Waals surface area (Å²) in [5.74, 6) is 0.0819. The molecule has 1 N–H and O–H groups in total.